The minimum absolute atomic E-state index is 0.105. The lowest BCUT2D eigenvalue weighted by Crippen LogP contribution is -2.29. The number of fused-ring (bicyclic) bond motifs is 2. The standard InChI is InChI=1S/C32H29ClF2N4O/c1-17-9-19(29(40)11-18-5-7-22(36)10-18)12-28(17)39-30-14-24-20(15-37-30)16-38-32(25-13-21(33)6-8-23(24)25)31-26(34)3-2-4-27(31)35/h2-4,6,8-9,12-13,15,18,22,30,39H,1,5,7,10-11,14,16,36H2. The van der Waals surface area contributed by atoms with Gasteiger partial charge in [-0.05, 0) is 83.9 Å². The molecule has 2 heterocycles. The first-order valence-electron chi connectivity index (χ1n) is 13.5. The first-order valence-corrected chi connectivity index (χ1v) is 13.9. The highest BCUT2D eigenvalue weighted by atomic mass is 35.5. The molecule has 1 saturated carbocycles. The summed E-state index contributed by atoms with van der Waals surface area (Å²) < 4.78 is 29.6. The van der Waals surface area contributed by atoms with Gasteiger partial charge in [0.05, 0.1) is 17.8 Å². The summed E-state index contributed by atoms with van der Waals surface area (Å²) in [6.45, 7) is 4.36. The number of benzene rings is 2. The maximum atomic E-state index is 14.8. The van der Waals surface area contributed by atoms with Crippen LogP contribution in [0.25, 0.3) is 5.57 Å². The quantitative estimate of drug-likeness (QED) is 0.451. The lowest BCUT2D eigenvalue weighted by atomic mass is 9.88. The molecular formula is C32H29ClF2N4O. The number of dihydropyridines is 1. The van der Waals surface area contributed by atoms with Gasteiger partial charge in [0.2, 0.25) is 0 Å². The van der Waals surface area contributed by atoms with Gasteiger partial charge in [0.15, 0.2) is 5.78 Å². The number of hydrogen-bond acceptors (Lipinski definition) is 5. The van der Waals surface area contributed by atoms with Crippen molar-refractivity contribution in [1.82, 2.24) is 5.32 Å². The van der Waals surface area contributed by atoms with Crippen LogP contribution in [0.5, 0.6) is 0 Å². The van der Waals surface area contributed by atoms with Crippen molar-refractivity contribution in [3.63, 3.8) is 0 Å². The molecule has 0 spiro atoms. The molecule has 0 radical (unpaired) electrons. The minimum Gasteiger partial charge on any atom is -0.363 e. The third kappa shape index (κ3) is 5.11. The zero-order chi connectivity index (χ0) is 28.0. The van der Waals surface area contributed by atoms with Crippen molar-refractivity contribution < 1.29 is 13.6 Å². The molecular weight excluding hydrogens is 530 g/mol. The molecule has 6 rings (SSSR count). The Morgan fingerprint density at radius 1 is 1.12 bits per heavy atom. The monoisotopic (exact) mass is 558 g/mol. The number of carbonyl (C=O) groups is 1. The van der Waals surface area contributed by atoms with E-state index in [1.807, 2.05) is 18.2 Å². The lowest BCUT2D eigenvalue weighted by molar-refractivity contribution is -0.116. The Bertz CT molecular complexity index is 1560. The van der Waals surface area contributed by atoms with Gasteiger partial charge in [-0.25, -0.2) is 8.78 Å². The number of aliphatic imine (C=N–C) groups is 2. The Morgan fingerprint density at radius 2 is 1.93 bits per heavy atom. The average Bonchev–Trinajstić information content (AvgIpc) is 3.46. The van der Waals surface area contributed by atoms with Crippen LogP contribution in [-0.2, 0) is 4.79 Å². The minimum atomic E-state index is -0.682. The van der Waals surface area contributed by atoms with Gasteiger partial charge < -0.3 is 11.1 Å². The number of ketones is 1. The highest BCUT2D eigenvalue weighted by molar-refractivity contribution is 6.31. The van der Waals surface area contributed by atoms with Crippen LogP contribution in [0, 0.1) is 17.6 Å². The van der Waals surface area contributed by atoms with E-state index >= 15 is 0 Å². The van der Waals surface area contributed by atoms with E-state index in [1.54, 1.807) is 18.3 Å². The molecule has 2 aromatic carbocycles. The molecule has 0 aromatic heterocycles. The van der Waals surface area contributed by atoms with Gasteiger partial charge >= 0.3 is 0 Å². The van der Waals surface area contributed by atoms with E-state index in [9.17, 15) is 13.6 Å². The van der Waals surface area contributed by atoms with Crippen molar-refractivity contribution in [2.75, 3.05) is 6.54 Å². The van der Waals surface area contributed by atoms with Crippen molar-refractivity contribution in [2.24, 2.45) is 21.6 Å². The van der Waals surface area contributed by atoms with E-state index < -0.39 is 11.6 Å². The Balaban J connectivity index is 1.23. The van der Waals surface area contributed by atoms with Crippen LogP contribution in [0.15, 0.2) is 87.5 Å². The van der Waals surface area contributed by atoms with Crippen molar-refractivity contribution in [1.29, 1.82) is 0 Å². The van der Waals surface area contributed by atoms with Crippen LogP contribution in [-0.4, -0.2) is 36.5 Å². The number of halogens is 3. The maximum absolute atomic E-state index is 14.8. The molecule has 3 N–H and O–H groups in total. The molecule has 1 fully saturated rings. The van der Waals surface area contributed by atoms with Gasteiger partial charge in [0.1, 0.15) is 17.8 Å². The Kier molecular flexibility index (Phi) is 7.11. The molecule has 204 valence electrons. The van der Waals surface area contributed by atoms with E-state index in [2.05, 4.69) is 16.9 Å². The van der Waals surface area contributed by atoms with E-state index in [0.717, 1.165) is 47.2 Å². The van der Waals surface area contributed by atoms with Crippen LogP contribution in [0.1, 0.15) is 48.8 Å². The summed E-state index contributed by atoms with van der Waals surface area (Å²) in [5.41, 5.74) is 11.4. The molecule has 2 aliphatic carbocycles. The van der Waals surface area contributed by atoms with Gasteiger partial charge in [0.25, 0.3) is 0 Å². The predicted molar refractivity (Wildman–Crippen MR) is 156 cm³/mol. The number of nitrogens with one attached hydrogen (secondary N) is 1. The topological polar surface area (TPSA) is 79.8 Å². The zero-order valence-corrected chi connectivity index (χ0v) is 22.6. The molecule has 0 amide bonds. The number of carbonyl (C=O) groups excluding carboxylic acids is 1. The summed E-state index contributed by atoms with van der Waals surface area (Å²) in [6, 6.07) is 9.31. The fourth-order valence-corrected chi connectivity index (χ4v) is 6.19. The smallest absolute Gasteiger partial charge is 0.163 e. The second kappa shape index (κ2) is 10.7. The van der Waals surface area contributed by atoms with E-state index in [-0.39, 0.29) is 35.8 Å². The maximum Gasteiger partial charge on any atom is 0.163 e. The summed E-state index contributed by atoms with van der Waals surface area (Å²) in [4.78, 5) is 22.3. The number of nitrogens with zero attached hydrogens (tertiary/aromatic N) is 2. The third-order valence-corrected chi connectivity index (χ3v) is 8.27. The fraction of sp³-hybridized carbons (Fsp3) is 0.281. The van der Waals surface area contributed by atoms with E-state index in [0.29, 0.717) is 34.9 Å². The van der Waals surface area contributed by atoms with E-state index in [1.165, 1.54) is 18.2 Å². The molecule has 2 aliphatic heterocycles. The van der Waals surface area contributed by atoms with E-state index in [4.69, 9.17) is 22.3 Å². The molecule has 40 heavy (non-hydrogen) atoms. The molecule has 8 heteroatoms. The van der Waals surface area contributed by atoms with Gasteiger partial charge in [-0.1, -0.05) is 30.3 Å². The summed E-state index contributed by atoms with van der Waals surface area (Å²) in [5, 5.41) is 3.88. The highest BCUT2D eigenvalue weighted by Crippen LogP contribution is 2.36. The predicted octanol–water partition coefficient (Wildman–Crippen LogP) is 6.08. The number of allylic oxidation sites excluding steroid dienone is 3. The Morgan fingerprint density at radius 3 is 2.67 bits per heavy atom. The van der Waals surface area contributed by atoms with Crippen molar-refractivity contribution >= 4 is 34.9 Å². The second-order valence-electron chi connectivity index (χ2n) is 10.8. The molecule has 0 bridgehead atoms. The first-order chi connectivity index (χ1) is 19.3. The van der Waals surface area contributed by atoms with Crippen LogP contribution >= 0.6 is 11.6 Å². The first kappa shape index (κ1) is 26.5. The van der Waals surface area contributed by atoms with Crippen molar-refractivity contribution in [3.8, 4) is 0 Å². The number of rotatable bonds is 6. The summed E-state index contributed by atoms with van der Waals surface area (Å²) in [5.74, 6) is -0.922. The van der Waals surface area contributed by atoms with Gasteiger partial charge in [-0.2, -0.15) is 0 Å². The van der Waals surface area contributed by atoms with Crippen molar-refractivity contribution in [2.45, 2.75) is 44.3 Å². The van der Waals surface area contributed by atoms with Crippen LogP contribution in [0.2, 0.25) is 5.02 Å². The van der Waals surface area contributed by atoms with Gasteiger partial charge in [-0.3, -0.25) is 14.8 Å². The van der Waals surface area contributed by atoms with Gasteiger partial charge in [-0.15, -0.1) is 0 Å². The Hall–Kier alpha value is -3.68. The SMILES string of the molecule is C=C1C=C(C(=O)CC2CCC(N)C2)C=C1NC1CC2=C(C=N1)CN=C(c1c(F)cccc1F)c1cc(Cl)ccc12. The molecule has 3 unspecified atom stereocenters. The lowest BCUT2D eigenvalue weighted by Gasteiger charge is -2.24. The number of Topliss-reactive ketones (excluding diaryl/α,β-unsaturated/α-hetero) is 1. The fourth-order valence-electron chi connectivity index (χ4n) is 6.01. The zero-order valence-electron chi connectivity index (χ0n) is 21.9. The summed E-state index contributed by atoms with van der Waals surface area (Å²) in [6.07, 6.45) is 8.98. The molecule has 3 atom stereocenters. The normalized spacial score (nSPS) is 23.8. The molecule has 0 saturated heterocycles. The summed E-state index contributed by atoms with van der Waals surface area (Å²) >= 11 is 6.34. The largest absolute Gasteiger partial charge is 0.363 e. The number of hydrogen-bond donors (Lipinski definition) is 2. The van der Waals surface area contributed by atoms with Crippen LogP contribution in [0.4, 0.5) is 8.78 Å². The average molecular weight is 559 g/mol. The molecule has 2 aromatic rings. The van der Waals surface area contributed by atoms with Crippen LogP contribution < -0.4 is 11.1 Å². The van der Waals surface area contributed by atoms with Gasteiger partial charge in [0, 0.05) is 47.0 Å². The second-order valence-corrected chi connectivity index (χ2v) is 11.3. The number of nitrogens with two attached hydrogens (primary N) is 1. The third-order valence-electron chi connectivity index (χ3n) is 8.04. The Labute approximate surface area is 236 Å². The van der Waals surface area contributed by atoms with Crippen molar-refractivity contribution in [3.05, 3.63) is 111 Å². The molecule has 5 nitrogen and oxygen atoms in total. The highest BCUT2D eigenvalue weighted by Gasteiger charge is 2.30. The molecule has 4 aliphatic rings. The summed E-state index contributed by atoms with van der Waals surface area (Å²) in [7, 11) is 0. The van der Waals surface area contributed by atoms with Crippen LogP contribution in [0.3, 0.4) is 0 Å².